The molecule has 0 aliphatic carbocycles. The van der Waals surface area contributed by atoms with Gasteiger partial charge in [-0.15, -0.1) is 0 Å². The van der Waals surface area contributed by atoms with Crippen LogP contribution >= 0.6 is 31.9 Å². The van der Waals surface area contributed by atoms with E-state index in [-0.39, 0.29) is 4.95 Å². The Labute approximate surface area is 111 Å². The summed E-state index contributed by atoms with van der Waals surface area (Å²) in [6.07, 6.45) is 2.83. The molecular formula is C10H14Br2NO3+. The van der Waals surface area contributed by atoms with Crippen LogP contribution in [-0.2, 0) is 9.53 Å². The molecule has 0 aromatic carbocycles. The van der Waals surface area contributed by atoms with E-state index in [1.54, 1.807) is 6.08 Å². The van der Waals surface area contributed by atoms with E-state index >= 15 is 0 Å². The Kier molecular flexibility index (Phi) is 4.20. The SMILES string of the molecule is CC(OC1=C(Br)[N+](C)(C)C(Br)C=C1)C(=O)O. The Morgan fingerprint density at radius 3 is 2.69 bits per heavy atom. The molecule has 0 fully saturated rings. The fraction of sp³-hybridized carbons (Fsp3) is 0.500. The van der Waals surface area contributed by atoms with Gasteiger partial charge in [0.1, 0.15) is 0 Å². The standard InChI is InChI=1S/C10H13Br2NO3/c1-6(10(14)15)16-7-4-5-8(11)13(2,3)9(7)12/h4-6,8H,1-3H3/p+1. The van der Waals surface area contributed by atoms with E-state index in [0.29, 0.717) is 10.2 Å². The van der Waals surface area contributed by atoms with Gasteiger partial charge in [0.15, 0.2) is 16.8 Å². The lowest BCUT2D eigenvalue weighted by Crippen LogP contribution is -2.44. The minimum absolute atomic E-state index is 0.134. The average molecular weight is 356 g/mol. The minimum atomic E-state index is -0.979. The number of ether oxygens (including phenoxy) is 1. The summed E-state index contributed by atoms with van der Waals surface area (Å²) >= 11 is 6.97. The van der Waals surface area contributed by atoms with Crippen LogP contribution in [-0.4, -0.2) is 40.7 Å². The van der Waals surface area contributed by atoms with Crippen LogP contribution in [0.3, 0.4) is 0 Å². The maximum Gasteiger partial charge on any atom is 0.344 e. The summed E-state index contributed by atoms with van der Waals surface area (Å²) < 4.78 is 6.69. The molecule has 2 unspecified atom stereocenters. The van der Waals surface area contributed by atoms with Crippen molar-refractivity contribution >= 4 is 37.8 Å². The topological polar surface area (TPSA) is 46.5 Å². The average Bonchev–Trinajstić information content (AvgIpc) is 2.19. The van der Waals surface area contributed by atoms with Crippen LogP contribution in [0, 0.1) is 0 Å². The molecule has 2 atom stereocenters. The second kappa shape index (κ2) is 4.89. The van der Waals surface area contributed by atoms with Crippen LogP contribution in [0.5, 0.6) is 0 Å². The van der Waals surface area contributed by atoms with Crippen molar-refractivity contribution < 1.29 is 19.1 Å². The Bertz CT molecular complexity index is 363. The van der Waals surface area contributed by atoms with Crippen LogP contribution in [0.25, 0.3) is 0 Å². The molecule has 4 nitrogen and oxygen atoms in total. The van der Waals surface area contributed by atoms with Crippen LogP contribution in [0.4, 0.5) is 0 Å². The first-order chi connectivity index (χ1) is 7.26. The first-order valence-corrected chi connectivity index (χ1v) is 6.43. The summed E-state index contributed by atoms with van der Waals surface area (Å²) in [5, 5.41) is 8.78. The predicted molar refractivity (Wildman–Crippen MR) is 68.1 cm³/mol. The molecule has 1 heterocycles. The number of likely N-dealkylation sites (N-methyl/N-ethyl adjacent to an activating group) is 1. The van der Waals surface area contributed by atoms with Crippen molar-refractivity contribution in [3.05, 3.63) is 22.5 Å². The Morgan fingerprint density at radius 2 is 2.19 bits per heavy atom. The minimum Gasteiger partial charge on any atom is -0.479 e. The number of carboxylic acid groups (broad SMARTS) is 1. The number of alkyl halides is 1. The van der Waals surface area contributed by atoms with Crippen molar-refractivity contribution in [2.45, 2.75) is 18.0 Å². The normalized spacial score (nSPS) is 25.4. The molecule has 1 aliphatic heterocycles. The van der Waals surface area contributed by atoms with Crippen molar-refractivity contribution in [1.82, 2.24) is 0 Å². The number of hydrogen-bond donors (Lipinski definition) is 1. The number of hydrogen-bond acceptors (Lipinski definition) is 2. The van der Waals surface area contributed by atoms with Crippen molar-refractivity contribution in [2.24, 2.45) is 0 Å². The summed E-state index contributed by atoms with van der Waals surface area (Å²) in [5.74, 6) is -0.428. The van der Waals surface area contributed by atoms with E-state index in [4.69, 9.17) is 9.84 Å². The van der Waals surface area contributed by atoms with Gasteiger partial charge in [0.2, 0.25) is 4.61 Å². The molecule has 0 aromatic heterocycles. The first kappa shape index (κ1) is 13.7. The monoisotopic (exact) mass is 354 g/mol. The summed E-state index contributed by atoms with van der Waals surface area (Å²) in [6.45, 7) is 1.50. The second-order valence-corrected chi connectivity index (χ2v) is 5.71. The fourth-order valence-corrected chi connectivity index (χ4v) is 2.25. The van der Waals surface area contributed by atoms with Crippen LogP contribution < -0.4 is 0 Å². The highest BCUT2D eigenvalue weighted by Crippen LogP contribution is 2.34. The van der Waals surface area contributed by atoms with Crippen LogP contribution in [0.2, 0.25) is 0 Å². The maximum atomic E-state index is 10.7. The molecule has 0 amide bonds. The van der Waals surface area contributed by atoms with E-state index in [1.807, 2.05) is 20.2 Å². The summed E-state index contributed by atoms with van der Waals surface area (Å²) in [4.78, 5) is 10.8. The van der Waals surface area contributed by atoms with E-state index in [0.717, 1.165) is 4.61 Å². The number of halogens is 2. The van der Waals surface area contributed by atoms with Gasteiger partial charge in [0.05, 0.1) is 14.1 Å². The van der Waals surface area contributed by atoms with E-state index in [2.05, 4.69) is 31.9 Å². The van der Waals surface area contributed by atoms with Gasteiger partial charge >= 0.3 is 5.97 Å². The number of quaternary nitrogens is 1. The van der Waals surface area contributed by atoms with Crippen molar-refractivity contribution in [1.29, 1.82) is 0 Å². The Hall–Kier alpha value is -0.330. The summed E-state index contributed by atoms with van der Waals surface area (Å²) in [5.41, 5.74) is 0. The third-order valence-corrected chi connectivity index (χ3v) is 5.02. The zero-order chi connectivity index (χ0) is 12.5. The van der Waals surface area contributed by atoms with Gasteiger partial charge in [-0.1, -0.05) is 0 Å². The lowest BCUT2D eigenvalue weighted by Gasteiger charge is -2.35. The van der Waals surface area contributed by atoms with Crippen LogP contribution in [0.15, 0.2) is 22.5 Å². The molecule has 16 heavy (non-hydrogen) atoms. The summed E-state index contributed by atoms with van der Waals surface area (Å²) in [6, 6.07) is 0. The zero-order valence-corrected chi connectivity index (χ0v) is 12.4. The highest BCUT2D eigenvalue weighted by atomic mass is 79.9. The molecule has 0 bridgehead atoms. The molecule has 1 rings (SSSR count). The molecule has 90 valence electrons. The zero-order valence-electron chi connectivity index (χ0n) is 9.28. The number of rotatable bonds is 3. The van der Waals surface area contributed by atoms with Gasteiger partial charge in [-0.25, -0.2) is 4.79 Å². The molecule has 1 aliphatic rings. The van der Waals surface area contributed by atoms with E-state index in [1.165, 1.54) is 6.92 Å². The van der Waals surface area contributed by atoms with Gasteiger partial charge in [0, 0.05) is 15.9 Å². The highest BCUT2D eigenvalue weighted by Gasteiger charge is 2.34. The van der Waals surface area contributed by atoms with Crippen molar-refractivity contribution in [2.75, 3.05) is 14.1 Å². The van der Waals surface area contributed by atoms with Gasteiger partial charge in [0.25, 0.3) is 0 Å². The summed E-state index contributed by atoms with van der Waals surface area (Å²) in [7, 11) is 3.98. The molecule has 1 N–H and O–H groups in total. The second-order valence-electron chi connectivity index (χ2n) is 4.03. The van der Waals surface area contributed by atoms with Crippen LogP contribution in [0.1, 0.15) is 6.92 Å². The number of carboxylic acids is 1. The third kappa shape index (κ3) is 2.67. The number of carbonyl (C=O) groups is 1. The first-order valence-electron chi connectivity index (χ1n) is 4.72. The molecule has 0 saturated heterocycles. The van der Waals surface area contributed by atoms with E-state index < -0.39 is 12.1 Å². The molecule has 0 spiro atoms. The van der Waals surface area contributed by atoms with Crippen molar-refractivity contribution in [3.63, 3.8) is 0 Å². The van der Waals surface area contributed by atoms with E-state index in [9.17, 15) is 4.79 Å². The van der Waals surface area contributed by atoms with Gasteiger partial charge in [-0.2, -0.15) is 0 Å². The number of aliphatic carboxylic acids is 1. The Morgan fingerprint density at radius 1 is 1.62 bits per heavy atom. The molecule has 0 aromatic rings. The third-order valence-electron chi connectivity index (χ3n) is 2.38. The Balaban J connectivity index is 2.93. The number of allylic oxidation sites excluding steroid dienone is 1. The predicted octanol–water partition coefficient (Wildman–Crippen LogP) is 2.41. The van der Waals surface area contributed by atoms with Gasteiger partial charge in [-0.05, 0) is 35.0 Å². The quantitative estimate of drug-likeness (QED) is 0.480. The maximum absolute atomic E-state index is 10.7. The van der Waals surface area contributed by atoms with Crippen molar-refractivity contribution in [3.8, 4) is 0 Å². The molecule has 0 saturated carbocycles. The fourth-order valence-electron chi connectivity index (χ4n) is 1.17. The molecule has 0 radical (unpaired) electrons. The number of nitrogens with zero attached hydrogens (tertiary/aromatic N) is 1. The molecule has 6 heteroatoms. The van der Waals surface area contributed by atoms with Gasteiger partial charge < -0.3 is 9.84 Å². The lowest BCUT2D eigenvalue weighted by atomic mass is 10.3. The lowest BCUT2D eigenvalue weighted by molar-refractivity contribution is -0.847. The molecular weight excluding hydrogens is 342 g/mol. The smallest absolute Gasteiger partial charge is 0.344 e. The van der Waals surface area contributed by atoms with Gasteiger partial charge in [-0.3, -0.25) is 4.48 Å². The highest BCUT2D eigenvalue weighted by molar-refractivity contribution is 9.11. The largest absolute Gasteiger partial charge is 0.479 e.